The maximum atomic E-state index is 13.7. The Morgan fingerprint density at radius 1 is 1.21 bits per heavy atom. The van der Waals surface area contributed by atoms with Crippen molar-refractivity contribution < 1.29 is 14.0 Å². The molecule has 1 aliphatic rings. The van der Waals surface area contributed by atoms with Crippen LogP contribution >= 0.6 is 0 Å². The third-order valence-corrected chi connectivity index (χ3v) is 4.17. The number of hydrogen-bond donors (Lipinski definition) is 1. The summed E-state index contributed by atoms with van der Waals surface area (Å²) in [6, 6.07) is 13.2. The summed E-state index contributed by atoms with van der Waals surface area (Å²) < 4.78 is 13.7. The van der Waals surface area contributed by atoms with Crippen LogP contribution in [-0.4, -0.2) is 37.4 Å². The van der Waals surface area contributed by atoms with Gasteiger partial charge in [0.25, 0.3) is 5.91 Å². The van der Waals surface area contributed by atoms with Gasteiger partial charge in [-0.15, -0.1) is 0 Å². The van der Waals surface area contributed by atoms with Crippen LogP contribution in [0.1, 0.15) is 22.1 Å². The fraction of sp³-hybridized carbons (Fsp3) is 0.222. The predicted octanol–water partition coefficient (Wildman–Crippen LogP) is 2.16. The van der Waals surface area contributed by atoms with E-state index >= 15 is 0 Å². The first kappa shape index (κ1) is 16.0. The van der Waals surface area contributed by atoms with Crippen LogP contribution in [0.2, 0.25) is 0 Å². The number of carbonyl (C=O) groups is 2. The Balaban J connectivity index is 2.14. The maximum absolute atomic E-state index is 13.7. The molecule has 0 saturated carbocycles. The number of likely N-dealkylation sites (N-methyl/N-ethyl adjacent to an activating group) is 1. The second-order valence-corrected chi connectivity index (χ2v) is 5.66. The molecule has 2 aromatic rings. The highest BCUT2D eigenvalue weighted by atomic mass is 19.1. The van der Waals surface area contributed by atoms with Crippen molar-refractivity contribution in [3.05, 3.63) is 65.5 Å². The number of carbonyl (C=O) groups excluding carboxylic acids is 2. The van der Waals surface area contributed by atoms with E-state index < -0.39 is 6.17 Å². The minimum atomic E-state index is -0.555. The lowest BCUT2D eigenvalue weighted by molar-refractivity contribution is -0.119. The summed E-state index contributed by atoms with van der Waals surface area (Å²) in [4.78, 5) is 28.0. The topological polar surface area (TPSA) is 52.7 Å². The van der Waals surface area contributed by atoms with E-state index in [0.29, 0.717) is 16.8 Å². The van der Waals surface area contributed by atoms with Gasteiger partial charge in [0.2, 0.25) is 5.91 Å². The Hall–Kier alpha value is -2.89. The molecule has 0 spiro atoms. The highest BCUT2D eigenvalue weighted by Crippen LogP contribution is 2.37. The smallest absolute Gasteiger partial charge is 0.257 e. The number of nitrogens with zero attached hydrogens (tertiary/aromatic N) is 2. The first-order valence-corrected chi connectivity index (χ1v) is 7.62. The number of anilines is 1. The third-order valence-electron chi connectivity index (χ3n) is 4.17. The first-order valence-electron chi connectivity index (χ1n) is 7.62. The van der Waals surface area contributed by atoms with Gasteiger partial charge in [0.15, 0.2) is 0 Å². The lowest BCUT2D eigenvalue weighted by Crippen LogP contribution is -2.50. The van der Waals surface area contributed by atoms with Crippen molar-refractivity contribution in [1.82, 2.24) is 10.2 Å². The molecule has 1 heterocycles. The number of amides is 2. The molecule has 0 bridgehead atoms. The first-order chi connectivity index (χ1) is 11.5. The number of halogens is 1. The van der Waals surface area contributed by atoms with Gasteiger partial charge in [0, 0.05) is 14.1 Å². The van der Waals surface area contributed by atoms with E-state index in [0.717, 1.165) is 0 Å². The summed E-state index contributed by atoms with van der Waals surface area (Å²) >= 11 is 0. The number of fused-ring (bicyclic) bond motifs is 1. The van der Waals surface area contributed by atoms with E-state index in [1.807, 2.05) is 11.0 Å². The van der Waals surface area contributed by atoms with Crippen LogP contribution in [0.15, 0.2) is 48.5 Å². The van der Waals surface area contributed by atoms with Gasteiger partial charge < -0.3 is 15.1 Å². The van der Waals surface area contributed by atoms with Crippen LogP contribution in [0.4, 0.5) is 10.1 Å². The van der Waals surface area contributed by atoms with Crippen LogP contribution in [0, 0.1) is 5.82 Å². The van der Waals surface area contributed by atoms with Gasteiger partial charge in [-0.1, -0.05) is 24.3 Å². The monoisotopic (exact) mass is 327 g/mol. The van der Waals surface area contributed by atoms with Crippen LogP contribution in [0.25, 0.3) is 0 Å². The molecule has 24 heavy (non-hydrogen) atoms. The van der Waals surface area contributed by atoms with Crippen molar-refractivity contribution in [2.45, 2.75) is 6.17 Å². The fourth-order valence-corrected chi connectivity index (χ4v) is 3.02. The molecule has 1 atom stereocenters. The quantitative estimate of drug-likeness (QED) is 0.940. The molecule has 2 amide bonds. The molecule has 0 aromatic heterocycles. The summed E-state index contributed by atoms with van der Waals surface area (Å²) in [7, 11) is 3.22. The highest BCUT2D eigenvalue weighted by Gasteiger charge is 2.37. The summed E-state index contributed by atoms with van der Waals surface area (Å²) in [6.07, 6.45) is -0.555. The average Bonchev–Trinajstić information content (AvgIpc) is 2.59. The van der Waals surface area contributed by atoms with E-state index in [9.17, 15) is 14.0 Å². The van der Waals surface area contributed by atoms with Crippen molar-refractivity contribution in [1.29, 1.82) is 0 Å². The molecule has 0 aliphatic carbocycles. The number of rotatable bonds is 3. The van der Waals surface area contributed by atoms with Crippen molar-refractivity contribution in [2.24, 2.45) is 0 Å². The summed E-state index contributed by atoms with van der Waals surface area (Å²) in [6.45, 7) is 0.0618. The summed E-state index contributed by atoms with van der Waals surface area (Å²) in [5.74, 6) is -0.728. The minimum Gasteiger partial charge on any atom is -0.358 e. The lowest BCUT2D eigenvalue weighted by Gasteiger charge is -2.43. The van der Waals surface area contributed by atoms with Crippen molar-refractivity contribution in [2.75, 3.05) is 25.5 Å². The molecule has 6 heteroatoms. The Morgan fingerprint density at radius 3 is 2.67 bits per heavy atom. The fourth-order valence-electron chi connectivity index (χ4n) is 3.02. The van der Waals surface area contributed by atoms with Gasteiger partial charge in [-0.2, -0.15) is 0 Å². The highest BCUT2D eigenvalue weighted by molar-refractivity contribution is 6.02. The van der Waals surface area contributed by atoms with E-state index in [-0.39, 0.29) is 24.2 Å². The summed E-state index contributed by atoms with van der Waals surface area (Å²) in [5, 5.41) is 2.59. The zero-order chi connectivity index (χ0) is 17.3. The Morgan fingerprint density at radius 2 is 1.96 bits per heavy atom. The van der Waals surface area contributed by atoms with Crippen molar-refractivity contribution >= 4 is 17.5 Å². The zero-order valence-corrected chi connectivity index (χ0v) is 13.5. The molecule has 2 aromatic carbocycles. The Bertz CT molecular complexity index is 793. The molecule has 1 unspecified atom stereocenters. The minimum absolute atomic E-state index is 0.0618. The largest absolute Gasteiger partial charge is 0.358 e. The van der Waals surface area contributed by atoms with E-state index in [1.54, 1.807) is 44.4 Å². The number of hydrogen-bond acceptors (Lipinski definition) is 3. The van der Waals surface area contributed by atoms with Gasteiger partial charge in [0.1, 0.15) is 12.0 Å². The molecular formula is C18H18FN3O2. The molecule has 1 N–H and O–H groups in total. The second kappa shape index (κ2) is 6.31. The van der Waals surface area contributed by atoms with E-state index in [2.05, 4.69) is 5.32 Å². The Labute approximate surface area is 139 Å². The standard InChI is InChI=1S/C18H18FN3O2/c1-20-16(23)11-22-15-9-4-3-8-14(15)18(24)21(2)17(22)12-6-5-7-13(19)10-12/h3-10,17H,11H2,1-2H3,(H,20,23). The third kappa shape index (κ3) is 2.71. The second-order valence-electron chi connectivity index (χ2n) is 5.66. The van der Waals surface area contributed by atoms with Gasteiger partial charge in [-0.25, -0.2) is 4.39 Å². The number of para-hydroxylation sites is 1. The number of nitrogens with one attached hydrogen (secondary N) is 1. The molecule has 0 fully saturated rings. The van der Waals surface area contributed by atoms with Crippen LogP contribution in [0.3, 0.4) is 0 Å². The molecular weight excluding hydrogens is 309 g/mol. The molecule has 0 radical (unpaired) electrons. The van der Waals surface area contributed by atoms with Crippen LogP contribution in [-0.2, 0) is 4.79 Å². The van der Waals surface area contributed by atoms with Gasteiger partial charge >= 0.3 is 0 Å². The molecule has 3 rings (SSSR count). The molecule has 5 nitrogen and oxygen atoms in total. The van der Waals surface area contributed by atoms with Crippen molar-refractivity contribution in [3.63, 3.8) is 0 Å². The number of benzene rings is 2. The lowest BCUT2D eigenvalue weighted by atomic mass is 10.0. The molecule has 1 aliphatic heterocycles. The zero-order valence-electron chi connectivity index (χ0n) is 13.5. The summed E-state index contributed by atoms with van der Waals surface area (Å²) in [5.41, 5.74) is 1.80. The predicted molar refractivity (Wildman–Crippen MR) is 89.1 cm³/mol. The molecule has 124 valence electrons. The van der Waals surface area contributed by atoms with Gasteiger partial charge in [0.05, 0.1) is 17.8 Å². The van der Waals surface area contributed by atoms with E-state index in [4.69, 9.17) is 0 Å². The van der Waals surface area contributed by atoms with Gasteiger partial charge in [-0.3, -0.25) is 9.59 Å². The Kier molecular flexibility index (Phi) is 4.20. The van der Waals surface area contributed by atoms with Crippen LogP contribution in [0.5, 0.6) is 0 Å². The van der Waals surface area contributed by atoms with Gasteiger partial charge in [-0.05, 0) is 29.8 Å². The van der Waals surface area contributed by atoms with Crippen molar-refractivity contribution in [3.8, 4) is 0 Å². The normalized spacial score (nSPS) is 16.8. The molecule has 0 saturated heterocycles. The SMILES string of the molecule is CNC(=O)CN1c2ccccc2C(=O)N(C)C1c1cccc(F)c1. The maximum Gasteiger partial charge on any atom is 0.257 e. The van der Waals surface area contributed by atoms with Crippen LogP contribution < -0.4 is 10.2 Å². The average molecular weight is 327 g/mol. The van der Waals surface area contributed by atoms with E-state index in [1.165, 1.54) is 17.0 Å².